The third kappa shape index (κ3) is 4.78. The number of benzene rings is 3. The van der Waals surface area contributed by atoms with Gasteiger partial charge in [0.05, 0.1) is 0 Å². The van der Waals surface area contributed by atoms with Gasteiger partial charge in [0.25, 0.3) is 0 Å². The molecule has 0 aliphatic rings. The lowest BCUT2D eigenvalue weighted by Gasteiger charge is -2.14. The molecule has 25 heavy (non-hydrogen) atoms. The molecule has 1 unspecified atom stereocenters. The van der Waals surface area contributed by atoms with Crippen molar-refractivity contribution in [3.8, 4) is 5.75 Å². The van der Waals surface area contributed by atoms with Crippen LogP contribution in [0.1, 0.15) is 16.7 Å². The summed E-state index contributed by atoms with van der Waals surface area (Å²) < 4.78 is 6.12. The SMILES string of the molecule is C/N=C/c1ccccc1Pc1cc(C)ccc1OCc1ccccc1. The van der Waals surface area contributed by atoms with Crippen molar-refractivity contribution in [3.05, 3.63) is 89.5 Å². The lowest BCUT2D eigenvalue weighted by atomic mass is 10.2. The molecule has 126 valence electrons. The topological polar surface area (TPSA) is 21.6 Å². The van der Waals surface area contributed by atoms with Crippen LogP contribution < -0.4 is 15.3 Å². The van der Waals surface area contributed by atoms with Crippen molar-refractivity contribution in [1.29, 1.82) is 0 Å². The van der Waals surface area contributed by atoms with E-state index in [1.165, 1.54) is 27.3 Å². The molecular weight excluding hydrogens is 325 g/mol. The lowest BCUT2D eigenvalue weighted by Crippen LogP contribution is -2.12. The standard InChI is InChI=1S/C22H22NOP/c1-17-12-13-20(24-16-18-8-4-3-5-9-18)22(14-17)25-21-11-7-6-10-19(21)15-23-2/h3-15,25H,16H2,1-2H3/b23-15+. The highest BCUT2D eigenvalue weighted by Gasteiger charge is 2.08. The molecule has 0 saturated heterocycles. The molecule has 0 fully saturated rings. The second-order valence-electron chi connectivity index (χ2n) is 5.87. The Hall–Kier alpha value is -2.44. The third-order valence-corrected chi connectivity index (χ3v) is 5.26. The number of nitrogens with zero attached hydrogens (tertiary/aromatic N) is 1. The van der Waals surface area contributed by atoms with Crippen LogP contribution in [0.5, 0.6) is 5.75 Å². The third-order valence-electron chi connectivity index (χ3n) is 3.87. The summed E-state index contributed by atoms with van der Waals surface area (Å²) in [6, 6.07) is 25.1. The smallest absolute Gasteiger partial charge is 0.127 e. The van der Waals surface area contributed by atoms with Gasteiger partial charge in [-0.25, -0.2) is 0 Å². The minimum atomic E-state index is 0.532. The zero-order valence-corrected chi connectivity index (χ0v) is 15.6. The number of aliphatic imine (C=N–C) groups is 1. The van der Waals surface area contributed by atoms with Crippen LogP contribution in [0.3, 0.4) is 0 Å². The quantitative estimate of drug-likeness (QED) is 0.482. The molecule has 2 nitrogen and oxygen atoms in total. The van der Waals surface area contributed by atoms with Crippen LogP contribution in [0.4, 0.5) is 0 Å². The summed E-state index contributed by atoms with van der Waals surface area (Å²) in [5.74, 6) is 0.955. The zero-order chi connectivity index (χ0) is 17.5. The van der Waals surface area contributed by atoms with Gasteiger partial charge >= 0.3 is 0 Å². The highest BCUT2D eigenvalue weighted by molar-refractivity contribution is 7.56. The fraction of sp³-hybridized carbons (Fsp3) is 0.136. The van der Waals surface area contributed by atoms with E-state index in [4.69, 9.17) is 4.74 Å². The molecule has 0 radical (unpaired) electrons. The summed E-state index contributed by atoms with van der Waals surface area (Å²) in [5, 5.41) is 2.51. The maximum Gasteiger partial charge on any atom is 0.127 e. The van der Waals surface area contributed by atoms with Gasteiger partial charge in [-0.2, -0.15) is 0 Å². The normalized spacial score (nSPS) is 11.4. The molecule has 1 atom stereocenters. The van der Waals surface area contributed by atoms with Crippen LogP contribution in [-0.4, -0.2) is 13.3 Å². The zero-order valence-electron chi connectivity index (χ0n) is 14.6. The van der Waals surface area contributed by atoms with E-state index in [0.29, 0.717) is 15.2 Å². The molecule has 0 aromatic heterocycles. The van der Waals surface area contributed by atoms with Gasteiger partial charge in [-0.15, -0.1) is 0 Å². The Morgan fingerprint density at radius 3 is 2.48 bits per heavy atom. The van der Waals surface area contributed by atoms with Gasteiger partial charge in [0.2, 0.25) is 0 Å². The first-order chi connectivity index (χ1) is 12.3. The predicted molar refractivity (Wildman–Crippen MR) is 109 cm³/mol. The van der Waals surface area contributed by atoms with Crippen LogP contribution >= 0.6 is 8.58 Å². The molecule has 0 aliphatic carbocycles. The van der Waals surface area contributed by atoms with Gasteiger partial charge in [-0.1, -0.05) is 74.8 Å². The molecular formula is C22H22NOP. The van der Waals surface area contributed by atoms with Gasteiger partial charge < -0.3 is 4.74 Å². The first-order valence-corrected chi connectivity index (χ1v) is 9.32. The number of ether oxygens (including phenoxy) is 1. The Balaban J connectivity index is 1.85. The Labute approximate surface area is 151 Å². The number of hydrogen-bond acceptors (Lipinski definition) is 2. The van der Waals surface area contributed by atoms with Crippen molar-refractivity contribution in [1.82, 2.24) is 0 Å². The molecule has 0 bridgehead atoms. The van der Waals surface area contributed by atoms with Crippen LogP contribution in [0, 0.1) is 6.92 Å². The van der Waals surface area contributed by atoms with Crippen molar-refractivity contribution < 1.29 is 4.74 Å². The summed E-state index contributed by atoms with van der Waals surface area (Å²) in [6.45, 7) is 2.70. The van der Waals surface area contributed by atoms with Gasteiger partial charge in [0.15, 0.2) is 0 Å². The van der Waals surface area contributed by atoms with Gasteiger partial charge in [-0.3, -0.25) is 4.99 Å². The molecule has 0 spiro atoms. The second-order valence-corrected chi connectivity index (χ2v) is 7.20. The molecule has 0 saturated carbocycles. The van der Waals surface area contributed by atoms with E-state index in [9.17, 15) is 0 Å². The molecule has 3 rings (SSSR count). The summed E-state index contributed by atoms with van der Waals surface area (Å²) in [5.41, 5.74) is 3.59. The minimum absolute atomic E-state index is 0.532. The van der Waals surface area contributed by atoms with Crippen LogP contribution in [-0.2, 0) is 6.61 Å². The molecule has 3 aromatic rings. The van der Waals surface area contributed by atoms with E-state index >= 15 is 0 Å². The number of rotatable bonds is 6. The monoisotopic (exact) mass is 347 g/mol. The fourth-order valence-corrected chi connectivity index (χ4v) is 3.95. The summed E-state index contributed by atoms with van der Waals surface area (Å²) in [4.78, 5) is 4.17. The highest BCUT2D eigenvalue weighted by atomic mass is 31.1. The van der Waals surface area contributed by atoms with E-state index in [-0.39, 0.29) is 0 Å². The van der Waals surface area contributed by atoms with E-state index in [1.807, 2.05) is 30.5 Å². The van der Waals surface area contributed by atoms with Crippen molar-refractivity contribution in [3.63, 3.8) is 0 Å². The van der Waals surface area contributed by atoms with E-state index in [0.717, 1.165) is 5.75 Å². The first-order valence-electron chi connectivity index (χ1n) is 8.32. The average Bonchev–Trinajstić information content (AvgIpc) is 2.64. The van der Waals surface area contributed by atoms with Gasteiger partial charge in [0, 0.05) is 18.6 Å². The van der Waals surface area contributed by atoms with Crippen molar-refractivity contribution in [2.75, 3.05) is 7.05 Å². The maximum atomic E-state index is 6.12. The summed E-state index contributed by atoms with van der Waals surface area (Å²) in [7, 11) is 2.34. The van der Waals surface area contributed by atoms with Crippen molar-refractivity contribution in [2.24, 2.45) is 4.99 Å². The Bertz CT molecular complexity index is 859. The molecule has 3 aromatic carbocycles. The van der Waals surface area contributed by atoms with Crippen LogP contribution in [0.25, 0.3) is 0 Å². The molecule has 0 heterocycles. The maximum absolute atomic E-state index is 6.12. The van der Waals surface area contributed by atoms with Gasteiger partial charge in [-0.05, 0) is 35.5 Å². The Morgan fingerprint density at radius 1 is 0.920 bits per heavy atom. The Kier molecular flexibility index (Phi) is 5.98. The van der Waals surface area contributed by atoms with Crippen molar-refractivity contribution in [2.45, 2.75) is 13.5 Å². The van der Waals surface area contributed by atoms with E-state index in [2.05, 4.69) is 60.4 Å². The number of hydrogen-bond donors (Lipinski definition) is 0. The van der Waals surface area contributed by atoms with Crippen LogP contribution in [0.15, 0.2) is 77.8 Å². The molecule has 0 N–H and O–H groups in total. The van der Waals surface area contributed by atoms with Crippen LogP contribution in [0.2, 0.25) is 0 Å². The minimum Gasteiger partial charge on any atom is -0.488 e. The largest absolute Gasteiger partial charge is 0.488 e. The lowest BCUT2D eigenvalue weighted by molar-refractivity contribution is 0.309. The van der Waals surface area contributed by atoms with E-state index in [1.54, 1.807) is 7.05 Å². The first kappa shape index (κ1) is 17.4. The van der Waals surface area contributed by atoms with E-state index < -0.39 is 0 Å². The fourth-order valence-electron chi connectivity index (χ4n) is 2.61. The predicted octanol–water partition coefficient (Wildman–Crippen LogP) is 4.25. The average molecular weight is 347 g/mol. The second kappa shape index (κ2) is 8.60. The molecule has 3 heteroatoms. The Morgan fingerprint density at radius 2 is 1.68 bits per heavy atom. The highest BCUT2D eigenvalue weighted by Crippen LogP contribution is 2.22. The molecule has 0 aliphatic heterocycles. The summed E-state index contributed by atoms with van der Waals surface area (Å²) >= 11 is 0. The van der Waals surface area contributed by atoms with Gasteiger partial charge in [0.1, 0.15) is 12.4 Å². The summed E-state index contributed by atoms with van der Waals surface area (Å²) in [6.07, 6.45) is 1.92. The number of aryl methyl sites for hydroxylation is 1. The van der Waals surface area contributed by atoms with Crippen molar-refractivity contribution >= 4 is 25.4 Å². The molecule has 0 amide bonds.